The Morgan fingerprint density at radius 3 is 2.87 bits per heavy atom. The van der Waals surface area contributed by atoms with Crippen LogP contribution in [0.25, 0.3) is 0 Å². The van der Waals surface area contributed by atoms with E-state index >= 15 is 0 Å². The van der Waals surface area contributed by atoms with Crippen molar-refractivity contribution in [2.24, 2.45) is 11.8 Å². The van der Waals surface area contributed by atoms with E-state index in [1.54, 1.807) is 0 Å². The Balaban J connectivity index is 2.20. The maximum absolute atomic E-state index is 11.4. The molecule has 1 unspecified atom stereocenters. The smallest absolute Gasteiger partial charge is 0.234 e. The highest BCUT2D eigenvalue weighted by Gasteiger charge is 2.25. The Hall–Kier alpha value is -0.610. The number of hydrogen-bond donors (Lipinski definition) is 2. The summed E-state index contributed by atoms with van der Waals surface area (Å²) < 4.78 is 0. The van der Waals surface area contributed by atoms with E-state index in [4.69, 9.17) is 5.11 Å². The molecule has 0 aliphatic carbocycles. The van der Waals surface area contributed by atoms with Gasteiger partial charge in [-0.25, -0.2) is 0 Å². The highest BCUT2D eigenvalue weighted by Crippen LogP contribution is 2.22. The van der Waals surface area contributed by atoms with Crippen molar-refractivity contribution in [3.05, 3.63) is 0 Å². The molecule has 0 spiro atoms. The number of nitrogens with one attached hydrogen (secondary N) is 1. The van der Waals surface area contributed by atoms with E-state index < -0.39 is 0 Å². The topological polar surface area (TPSA) is 52.6 Å². The molecule has 4 heteroatoms. The first-order chi connectivity index (χ1) is 7.13. The van der Waals surface area contributed by atoms with Crippen LogP contribution in [0, 0.1) is 11.8 Å². The van der Waals surface area contributed by atoms with Gasteiger partial charge in [0.2, 0.25) is 5.91 Å². The number of nitrogens with zero attached hydrogens (tertiary/aromatic N) is 1. The van der Waals surface area contributed by atoms with E-state index in [1.165, 1.54) is 6.42 Å². The zero-order chi connectivity index (χ0) is 11.3. The number of aliphatic hydroxyl groups is 1. The molecular weight excluding hydrogens is 192 g/mol. The largest absolute Gasteiger partial charge is 0.395 e. The van der Waals surface area contributed by atoms with E-state index in [0.717, 1.165) is 19.0 Å². The van der Waals surface area contributed by atoms with Crippen molar-refractivity contribution in [2.75, 3.05) is 32.8 Å². The highest BCUT2D eigenvalue weighted by molar-refractivity contribution is 5.78. The summed E-state index contributed by atoms with van der Waals surface area (Å²) >= 11 is 0. The zero-order valence-electron chi connectivity index (χ0n) is 9.70. The summed E-state index contributed by atoms with van der Waals surface area (Å²) in [6.07, 6.45) is 1.20. The maximum atomic E-state index is 11.4. The fourth-order valence-electron chi connectivity index (χ4n) is 2.00. The molecule has 1 saturated heterocycles. The SMILES string of the molecule is CC(C)C1CCN(CC(=O)NCCO)C1. The van der Waals surface area contributed by atoms with E-state index in [0.29, 0.717) is 19.0 Å². The van der Waals surface area contributed by atoms with Crippen molar-refractivity contribution >= 4 is 5.91 Å². The van der Waals surface area contributed by atoms with Gasteiger partial charge in [0.1, 0.15) is 0 Å². The van der Waals surface area contributed by atoms with Gasteiger partial charge in [0.25, 0.3) is 0 Å². The summed E-state index contributed by atoms with van der Waals surface area (Å²) in [5.74, 6) is 1.46. The lowest BCUT2D eigenvalue weighted by atomic mass is 9.95. The first-order valence-electron chi connectivity index (χ1n) is 5.73. The lowest BCUT2D eigenvalue weighted by Gasteiger charge is -2.17. The van der Waals surface area contributed by atoms with Gasteiger partial charge in [-0.15, -0.1) is 0 Å². The number of hydrogen-bond acceptors (Lipinski definition) is 3. The molecule has 1 fully saturated rings. The zero-order valence-corrected chi connectivity index (χ0v) is 9.70. The van der Waals surface area contributed by atoms with Crippen molar-refractivity contribution in [3.8, 4) is 0 Å². The monoisotopic (exact) mass is 214 g/mol. The number of likely N-dealkylation sites (tertiary alicyclic amines) is 1. The van der Waals surface area contributed by atoms with Gasteiger partial charge in [-0.05, 0) is 24.8 Å². The van der Waals surface area contributed by atoms with Gasteiger partial charge in [-0.1, -0.05) is 13.8 Å². The predicted molar refractivity (Wildman–Crippen MR) is 59.5 cm³/mol. The van der Waals surface area contributed by atoms with Crippen LogP contribution in [0.15, 0.2) is 0 Å². The standard InChI is InChI=1S/C11H22N2O2/c1-9(2)10-3-5-13(7-10)8-11(15)12-4-6-14/h9-10,14H,3-8H2,1-2H3,(H,12,15). The molecule has 0 bridgehead atoms. The van der Waals surface area contributed by atoms with Gasteiger partial charge < -0.3 is 10.4 Å². The fourth-order valence-corrected chi connectivity index (χ4v) is 2.00. The minimum absolute atomic E-state index is 0.0142. The van der Waals surface area contributed by atoms with E-state index in [9.17, 15) is 4.79 Å². The summed E-state index contributed by atoms with van der Waals surface area (Å²) in [6, 6.07) is 0. The molecule has 1 atom stereocenters. The molecule has 1 aliphatic rings. The van der Waals surface area contributed by atoms with Crippen molar-refractivity contribution in [1.29, 1.82) is 0 Å². The van der Waals surface area contributed by atoms with Crippen LogP contribution >= 0.6 is 0 Å². The Morgan fingerprint density at radius 2 is 2.33 bits per heavy atom. The molecule has 15 heavy (non-hydrogen) atoms. The Kier molecular flexibility index (Phi) is 5.05. The lowest BCUT2D eigenvalue weighted by molar-refractivity contribution is -0.122. The van der Waals surface area contributed by atoms with Crippen LogP contribution in [0.4, 0.5) is 0 Å². The van der Waals surface area contributed by atoms with Crippen molar-refractivity contribution < 1.29 is 9.90 Å². The number of carbonyl (C=O) groups excluding carboxylic acids is 1. The molecule has 4 nitrogen and oxygen atoms in total. The molecule has 0 aromatic heterocycles. The second kappa shape index (κ2) is 6.08. The molecule has 0 aromatic rings. The summed E-state index contributed by atoms with van der Waals surface area (Å²) in [6.45, 7) is 7.38. The van der Waals surface area contributed by atoms with Crippen LogP contribution in [0.2, 0.25) is 0 Å². The summed E-state index contributed by atoms with van der Waals surface area (Å²) in [5.41, 5.74) is 0. The first-order valence-corrected chi connectivity index (χ1v) is 5.73. The fraction of sp³-hybridized carbons (Fsp3) is 0.909. The summed E-state index contributed by atoms with van der Waals surface area (Å²) in [4.78, 5) is 13.6. The summed E-state index contributed by atoms with van der Waals surface area (Å²) in [5, 5.41) is 11.2. The van der Waals surface area contributed by atoms with Crippen molar-refractivity contribution in [2.45, 2.75) is 20.3 Å². The van der Waals surface area contributed by atoms with Crippen LogP contribution < -0.4 is 5.32 Å². The predicted octanol–water partition coefficient (Wildman–Crippen LogP) is 0.0728. The second-order valence-electron chi connectivity index (χ2n) is 4.60. The molecule has 0 radical (unpaired) electrons. The highest BCUT2D eigenvalue weighted by atomic mass is 16.3. The molecule has 0 aromatic carbocycles. The number of amides is 1. The van der Waals surface area contributed by atoms with Crippen LogP contribution in [0.1, 0.15) is 20.3 Å². The van der Waals surface area contributed by atoms with Crippen LogP contribution in [-0.4, -0.2) is 48.7 Å². The maximum Gasteiger partial charge on any atom is 0.234 e. The molecular formula is C11H22N2O2. The Morgan fingerprint density at radius 1 is 1.60 bits per heavy atom. The Bertz CT molecular complexity index is 207. The third-order valence-electron chi connectivity index (χ3n) is 3.05. The average molecular weight is 214 g/mol. The summed E-state index contributed by atoms with van der Waals surface area (Å²) in [7, 11) is 0. The minimum atomic E-state index is 0.0142. The second-order valence-corrected chi connectivity index (χ2v) is 4.60. The van der Waals surface area contributed by atoms with Gasteiger partial charge in [0, 0.05) is 13.1 Å². The molecule has 1 rings (SSSR count). The number of rotatable bonds is 5. The van der Waals surface area contributed by atoms with Gasteiger partial charge >= 0.3 is 0 Å². The molecule has 2 N–H and O–H groups in total. The van der Waals surface area contributed by atoms with E-state index in [1.807, 2.05) is 0 Å². The van der Waals surface area contributed by atoms with Gasteiger partial charge in [0.05, 0.1) is 13.2 Å². The van der Waals surface area contributed by atoms with Gasteiger partial charge in [-0.2, -0.15) is 0 Å². The molecule has 0 saturated carbocycles. The first kappa shape index (κ1) is 12.5. The van der Waals surface area contributed by atoms with Crippen LogP contribution in [0.3, 0.4) is 0 Å². The molecule has 1 heterocycles. The lowest BCUT2D eigenvalue weighted by Crippen LogP contribution is -2.37. The third kappa shape index (κ3) is 4.18. The van der Waals surface area contributed by atoms with Gasteiger partial charge in [-0.3, -0.25) is 9.69 Å². The van der Waals surface area contributed by atoms with Gasteiger partial charge in [0.15, 0.2) is 0 Å². The Labute approximate surface area is 91.6 Å². The van der Waals surface area contributed by atoms with E-state index in [2.05, 4.69) is 24.1 Å². The number of aliphatic hydroxyl groups excluding tert-OH is 1. The van der Waals surface area contributed by atoms with Crippen molar-refractivity contribution in [1.82, 2.24) is 10.2 Å². The van der Waals surface area contributed by atoms with Crippen LogP contribution in [0.5, 0.6) is 0 Å². The number of carbonyl (C=O) groups is 1. The molecule has 1 amide bonds. The van der Waals surface area contributed by atoms with Crippen molar-refractivity contribution in [3.63, 3.8) is 0 Å². The normalized spacial score (nSPS) is 22.3. The quantitative estimate of drug-likeness (QED) is 0.681. The molecule has 88 valence electrons. The molecule has 1 aliphatic heterocycles. The third-order valence-corrected chi connectivity index (χ3v) is 3.05. The van der Waals surface area contributed by atoms with Crippen LogP contribution in [-0.2, 0) is 4.79 Å². The average Bonchev–Trinajstić information content (AvgIpc) is 2.63. The minimum Gasteiger partial charge on any atom is -0.395 e. The van der Waals surface area contributed by atoms with E-state index in [-0.39, 0.29) is 12.5 Å².